The smallest absolute Gasteiger partial charge is 0.104 e. The van der Waals surface area contributed by atoms with Crippen molar-refractivity contribution in [1.29, 1.82) is 0 Å². The summed E-state index contributed by atoms with van der Waals surface area (Å²) < 4.78 is 10.1. The van der Waals surface area contributed by atoms with Gasteiger partial charge in [0.05, 0.1) is 18.8 Å². The van der Waals surface area contributed by atoms with E-state index >= 15 is 0 Å². The molecule has 0 atom stereocenters. The van der Waals surface area contributed by atoms with Crippen LogP contribution in [0.25, 0.3) is 0 Å². The molecule has 0 aliphatic rings. The van der Waals surface area contributed by atoms with Crippen LogP contribution in [0.5, 0.6) is 0 Å². The topological polar surface area (TPSA) is 65.0 Å². The summed E-state index contributed by atoms with van der Waals surface area (Å²) in [6.45, 7) is 72.1. The summed E-state index contributed by atoms with van der Waals surface area (Å²) in [6.07, 6.45) is 23.7. The predicted octanol–water partition coefficient (Wildman–Crippen LogP) is 29.6. The zero-order valence-corrected chi connectivity index (χ0v) is 69.5. The summed E-state index contributed by atoms with van der Waals surface area (Å²) in [6, 6.07) is 37.4. The molecule has 7 heterocycles. The molecular formula is C87H153N3O2S2. The minimum Gasteiger partial charge on any atom is -0.472 e. The molecule has 0 saturated heterocycles. The number of thiophene rings is 2. The van der Waals surface area contributed by atoms with Crippen molar-refractivity contribution in [3.8, 4) is 0 Å². The van der Waals surface area contributed by atoms with Gasteiger partial charge in [0, 0.05) is 48.0 Å². The lowest BCUT2D eigenvalue weighted by Gasteiger charge is -2.16. The van der Waals surface area contributed by atoms with Gasteiger partial charge in [0.25, 0.3) is 0 Å². The number of aromatic nitrogens is 3. The van der Waals surface area contributed by atoms with E-state index in [1.807, 2.05) is 196 Å². The van der Waals surface area contributed by atoms with Gasteiger partial charge in [-0.15, -0.1) is 11.3 Å². The van der Waals surface area contributed by atoms with Crippen molar-refractivity contribution in [2.24, 2.45) is 46.3 Å². The monoisotopic (exact) mass is 1340 g/mol. The van der Waals surface area contributed by atoms with Crippen LogP contribution in [0.1, 0.15) is 280 Å². The number of hydrogen-bond acceptors (Lipinski definition) is 7. The van der Waals surface area contributed by atoms with Gasteiger partial charge in [0.2, 0.25) is 0 Å². The molecule has 0 fully saturated rings. The van der Waals surface area contributed by atoms with Crippen LogP contribution < -0.4 is 0 Å². The highest BCUT2D eigenvalue weighted by Crippen LogP contribution is 2.22. The van der Waals surface area contributed by atoms with E-state index in [0.29, 0.717) is 22.7 Å². The highest BCUT2D eigenvalue weighted by molar-refractivity contribution is 7.09. The first-order valence-corrected chi connectivity index (χ1v) is 38.5. The van der Waals surface area contributed by atoms with Gasteiger partial charge < -0.3 is 8.83 Å². The Bertz CT molecular complexity index is 2180. The molecule has 0 unspecified atom stereocenters. The second-order valence-corrected chi connectivity index (χ2v) is 26.8. The van der Waals surface area contributed by atoms with E-state index in [2.05, 4.69) is 229 Å². The molecule has 94 heavy (non-hydrogen) atoms. The molecule has 0 radical (unpaired) electrons. The summed E-state index contributed by atoms with van der Waals surface area (Å²) >= 11 is 3.63. The SMILES string of the molecule is CC.CC.CC.CC.CC.CC.CC.CC.CC(C)(C)Cc1ccoc1.CC(C)(C)Cc1ccsc1.CC(C)Cc1ccccc1.CC(C)Cc1ccccn1.CC(C)Cc1cccnc1.CC(C)Cc1ccco1.CC(C)Cc1cccs1.CC(C)Cc1ccncc1. The standard InChI is InChI=1S/C10H14.3C9H13N.C9H14O.C9H14S.C8H12O.C8H12S.8C2H6/c1-9(2)8-10-6-4-3-5-7-10;1-8(2)7-9-3-5-10-6-4-9;1-8(2)6-9-4-3-5-10-7-9;1-8(2)7-9-5-3-4-6-10-9;2*1-9(2,3)6-8-4-5-10-7-8;2*1-7(2)6-8-4-3-5-9-8;8*1-2/h3-7,9H,8H2,1-2H3;3-6,8H,7H2,1-2H3;3-5,7-8H,6H2,1-2H3;3-6,8H,7H2,1-2H3;2*4-5,7H,6H2,1-3H3;2*3-5,7H,6H2,1-2H3;8*1-2H3. The molecule has 8 aromatic rings. The maximum atomic E-state index is 5.14. The van der Waals surface area contributed by atoms with Crippen molar-refractivity contribution < 1.29 is 8.83 Å². The molecule has 1 aromatic carbocycles. The van der Waals surface area contributed by atoms with E-state index in [1.54, 1.807) is 23.9 Å². The Kier molecular flexibility index (Phi) is 85.4. The molecule has 0 aliphatic heterocycles. The summed E-state index contributed by atoms with van der Waals surface area (Å²) in [7, 11) is 0. The van der Waals surface area contributed by atoms with Gasteiger partial charge >= 0.3 is 0 Å². The van der Waals surface area contributed by atoms with E-state index < -0.39 is 0 Å². The third-order valence-electron chi connectivity index (χ3n) is 10.6. The summed E-state index contributed by atoms with van der Waals surface area (Å²) in [4.78, 5) is 13.7. The fourth-order valence-electron chi connectivity index (χ4n) is 7.68. The first kappa shape index (κ1) is 105. The predicted molar refractivity (Wildman–Crippen MR) is 434 cm³/mol. The van der Waals surface area contributed by atoms with Crippen molar-refractivity contribution in [2.75, 3.05) is 0 Å². The molecule has 0 saturated carbocycles. The van der Waals surface area contributed by atoms with Gasteiger partial charge in [-0.25, -0.2) is 0 Å². The van der Waals surface area contributed by atoms with Gasteiger partial charge in [-0.1, -0.05) is 284 Å². The summed E-state index contributed by atoms with van der Waals surface area (Å²) in [5.74, 6) is 5.51. The molecule has 0 N–H and O–H groups in total. The largest absolute Gasteiger partial charge is 0.472 e. The maximum Gasteiger partial charge on any atom is 0.104 e. The number of nitrogens with zero attached hydrogens (tertiary/aromatic N) is 3. The molecule has 0 aliphatic carbocycles. The first-order valence-electron chi connectivity index (χ1n) is 36.7. The fraction of sp³-hybridized carbons (Fsp3) is 0.575. The average Bonchev–Trinajstić information content (AvgIpc) is 3.19. The zero-order valence-electron chi connectivity index (χ0n) is 67.8. The molecule has 8 rings (SSSR count). The molecule has 7 aromatic heterocycles. The van der Waals surface area contributed by atoms with Crippen LogP contribution >= 0.6 is 22.7 Å². The minimum atomic E-state index is 0.365. The Morgan fingerprint density at radius 1 is 0.362 bits per heavy atom. The van der Waals surface area contributed by atoms with Gasteiger partial charge in [0.15, 0.2) is 0 Å². The lowest BCUT2D eigenvalue weighted by molar-refractivity contribution is 0.408. The quantitative estimate of drug-likeness (QED) is 0.109. The third-order valence-corrected chi connectivity index (χ3v) is 12.2. The highest BCUT2D eigenvalue weighted by atomic mass is 32.1. The Morgan fingerprint density at radius 3 is 1.20 bits per heavy atom. The lowest BCUT2D eigenvalue weighted by atomic mass is 9.89. The molecule has 5 nitrogen and oxygen atoms in total. The molecule has 0 spiro atoms. The molecule has 540 valence electrons. The van der Waals surface area contributed by atoms with Crippen molar-refractivity contribution in [3.05, 3.63) is 219 Å². The van der Waals surface area contributed by atoms with Crippen LogP contribution in [0.15, 0.2) is 184 Å². The van der Waals surface area contributed by atoms with Gasteiger partial charge in [-0.05, 0) is 196 Å². The lowest BCUT2D eigenvalue weighted by Crippen LogP contribution is -2.07. The van der Waals surface area contributed by atoms with Crippen LogP contribution in [0, 0.1) is 46.3 Å². The van der Waals surface area contributed by atoms with Crippen LogP contribution in [0.4, 0.5) is 0 Å². The third kappa shape index (κ3) is 80.9. The second-order valence-electron chi connectivity index (χ2n) is 25.0. The fourth-order valence-corrected chi connectivity index (χ4v) is 9.26. The molecule has 0 bridgehead atoms. The average molecular weight is 1340 g/mol. The first-order chi connectivity index (χ1) is 44.9. The van der Waals surface area contributed by atoms with E-state index in [-0.39, 0.29) is 0 Å². The number of furan rings is 2. The van der Waals surface area contributed by atoms with E-state index in [9.17, 15) is 0 Å². The van der Waals surface area contributed by atoms with Crippen LogP contribution in [-0.4, -0.2) is 15.0 Å². The van der Waals surface area contributed by atoms with E-state index in [4.69, 9.17) is 8.83 Å². The Morgan fingerprint density at radius 2 is 0.830 bits per heavy atom. The number of benzene rings is 1. The van der Waals surface area contributed by atoms with Gasteiger partial charge in [0.1, 0.15) is 5.76 Å². The molecular weight excluding hydrogens is 1180 g/mol. The van der Waals surface area contributed by atoms with Crippen molar-refractivity contribution >= 4 is 22.7 Å². The van der Waals surface area contributed by atoms with Gasteiger partial charge in [-0.2, -0.15) is 11.3 Å². The van der Waals surface area contributed by atoms with Gasteiger partial charge in [-0.3, -0.25) is 15.0 Å². The Labute approximate surface area is 595 Å². The number of pyridine rings is 3. The van der Waals surface area contributed by atoms with Crippen molar-refractivity contribution in [1.82, 2.24) is 15.0 Å². The number of hydrogen-bond donors (Lipinski definition) is 0. The van der Waals surface area contributed by atoms with E-state index in [0.717, 1.165) is 61.5 Å². The molecule has 0 amide bonds. The zero-order chi connectivity index (χ0) is 74.2. The number of rotatable bonds is 14. The Hall–Kier alpha value is -5.37. The summed E-state index contributed by atoms with van der Waals surface area (Å²) in [5.41, 5.74) is 8.90. The normalized spacial score (nSPS) is 9.45. The van der Waals surface area contributed by atoms with Crippen LogP contribution in [0.2, 0.25) is 0 Å². The summed E-state index contributed by atoms with van der Waals surface area (Å²) in [5, 5.41) is 6.50. The Balaban J connectivity index is -0.000000145. The van der Waals surface area contributed by atoms with Crippen molar-refractivity contribution in [2.45, 2.75) is 287 Å². The van der Waals surface area contributed by atoms with Crippen molar-refractivity contribution in [3.63, 3.8) is 0 Å². The van der Waals surface area contributed by atoms with Crippen LogP contribution in [0.3, 0.4) is 0 Å². The van der Waals surface area contributed by atoms with E-state index in [1.165, 1.54) is 57.7 Å². The van der Waals surface area contributed by atoms with Crippen LogP contribution in [-0.2, 0) is 51.4 Å². The second kappa shape index (κ2) is 76.6. The highest BCUT2D eigenvalue weighted by Gasteiger charge is 2.12. The minimum absolute atomic E-state index is 0.365. The maximum absolute atomic E-state index is 5.14. The molecule has 7 heteroatoms.